The highest BCUT2D eigenvalue weighted by molar-refractivity contribution is 5.10. The van der Waals surface area contributed by atoms with Crippen molar-refractivity contribution in [1.82, 2.24) is 5.32 Å². The first-order valence-corrected chi connectivity index (χ1v) is 4.24. The summed E-state index contributed by atoms with van der Waals surface area (Å²) in [7, 11) is 0. The minimum absolute atomic E-state index is 0.827. The Morgan fingerprint density at radius 2 is 2.18 bits per heavy atom. The largest absolute Gasteiger partial charge is 0.387 e. The summed E-state index contributed by atoms with van der Waals surface area (Å²) in [5.74, 6) is 0.827. The third-order valence-corrected chi connectivity index (χ3v) is 1.87. The second kappa shape index (κ2) is 3.61. The molecule has 0 amide bonds. The summed E-state index contributed by atoms with van der Waals surface area (Å²) in [4.78, 5) is 0. The van der Waals surface area contributed by atoms with E-state index in [1.165, 1.54) is 24.0 Å². The maximum Gasteiger partial charge on any atom is 0.0354 e. The normalized spacial score (nSPS) is 15.8. The van der Waals surface area contributed by atoms with Crippen LogP contribution in [-0.2, 0) is 0 Å². The summed E-state index contributed by atoms with van der Waals surface area (Å²) in [6.45, 7) is 9.16. The SMILES string of the molecule is C=C(CNC=C(C)C)C1CC1. The summed E-state index contributed by atoms with van der Waals surface area (Å²) in [5, 5.41) is 3.24. The molecule has 1 N–H and O–H groups in total. The molecule has 62 valence electrons. The number of nitrogens with one attached hydrogen (secondary N) is 1. The van der Waals surface area contributed by atoms with Crippen LogP contribution in [0.4, 0.5) is 0 Å². The first-order chi connectivity index (χ1) is 5.20. The fourth-order valence-electron chi connectivity index (χ4n) is 1.02. The van der Waals surface area contributed by atoms with Crippen LogP contribution in [0, 0.1) is 5.92 Å². The lowest BCUT2D eigenvalue weighted by atomic mass is 10.2. The van der Waals surface area contributed by atoms with Gasteiger partial charge in [0, 0.05) is 6.54 Å². The van der Waals surface area contributed by atoms with E-state index in [4.69, 9.17) is 0 Å². The van der Waals surface area contributed by atoms with Gasteiger partial charge in [0.05, 0.1) is 0 Å². The van der Waals surface area contributed by atoms with E-state index in [0.717, 1.165) is 12.5 Å². The molecule has 0 spiro atoms. The van der Waals surface area contributed by atoms with Crippen LogP contribution in [0.3, 0.4) is 0 Å². The van der Waals surface area contributed by atoms with Gasteiger partial charge in [-0.1, -0.05) is 17.7 Å². The average molecular weight is 151 g/mol. The van der Waals surface area contributed by atoms with E-state index >= 15 is 0 Å². The maximum absolute atomic E-state index is 4.02. The third kappa shape index (κ3) is 3.26. The van der Waals surface area contributed by atoms with Gasteiger partial charge in [0.25, 0.3) is 0 Å². The lowest BCUT2D eigenvalue weighted by Crippen LogP contribution is -2.10. The Labute approximate surface area is 69.2 Å². The maximum atomic E-state index is 4.02. The third-order valence-electron chi connectivity index (χ3n) is 1.87. The van der Waals surface area contributed by atoms with E-state index in [1.54, 1.807) is 0 Å². The van der Waals surface area contributed by atoms with Crippen LogP contribution < -0.4 is 5.32 Å². The van der Waals surface area contributed by atoms with Crippen LogP contribution in [-0.4, -0.2) is 6.54 Å². The molecule has 0 radical (unpaired) electrons. The highest BCUT2D eigenvalue weighted by Crippen LogP contribution is 2.34. The molecule has 1 saturated carbocycles. The van der Waals surface area contributed by atoms with E-state index < -0.39 is 0 Å². The summed E-state index contributed by atoms with van der Waals surface area (Å²) >= 11 is 0. The summed E-state index contributed by atoms with van der Waals surface area (Å²) in [5.41, 5.74) is 2.68. The lowest BCUT2D eigenvalue weighted by Gasteiger charge is -2.03. The molecule has 0 atom stereocenters. The Hall–Kier alpha value is -0.720. The van der Waals surface area contributed by atoms with Gasteiger partial charge in [0.1, 0.15) is 0 Å². The molecule has 1 aliphatic rings. The average Bonchev–Trinajstić information content (AvgIpc) is 2.66. The molecule has 0 heterocycles. The van der Waals surface area contributed by atoms with E-state index in [-0.39, 0.29) is 0 Å². The molecule has 0 aromatic carbocycles. The van der Waals surface area contributed by atoms with Crippen LogP contribution in [0.15, 0.2) is 23.9 Å². The van der Waals surface area contributed by atoms with Crippen LogP contribution >= 0.6 is 0 Å². The number of hydrogen-bond acceptors (Lipinski definition) is 1. The molecule has 0 bridgehead atoms. The predicted molar refractivity (Wildman–Crippen MR) is 49.3 cm³/mol. The first kappa shape index (κ1) is 8.38. The van der Waals surface area contributed by atoms with E-state index in [9.17, 15) is 0 Å². The Bertz CT molecular complexity index is 171. The second-order valence-electron chi connectivity index (χ2n) is 3.54. The summed E-state index contributed by atoms with van der Waals surface area (Å²) < 4.78 is 0. The molecule has 0 aliphatic heterocycles. The predicted octanol–water partition coefficient (Wildman–Crippen LogP) is 2.47. The summed E-state index contributed by atoms with van der Waals surface area (Å²) in [6, 6.07) is 0. The highest BCUT2D eigenvalue weighted by Gasteiger charge is 2.23. The fourth-order valence-corrected chi connectivity index (χ4v) is 1.02. The Morgan fingerprint density at radius 3 is 2.64 bits per heavy atom. The van der Waals surface area contributed by atoms with Crippen LogP contribution in [0.2, 0.25) is 0 Å². The molecule has 1 aliphatic carbocycles. The van der Waals surface area contributed by atoms with Crippen molar-refractivity contribution < 1.29 is 0 Å². The van der Waals surface area contributed by atoms with Crippen LogP contribution in [0.25, 0.3) is 0 Å². The second-order valence-corrected chi connectivity index (χ2v) is 3.54. The van der Waals surface area contributed by atoms with Crippen molar-refractivity contribution in [3.63, 3.8) is 0 Å². The molecular weight excluding hydrogens is 134 g/mol. The van der Waals surface area contributed by atoms with Crippen molar-refractivity contribution >= 4 is 0 Å². The van der Waals surface area contributed by atoms with Gasteiger partial charge < -0.3 is 5.32 Å². The highest BCUT2D eigenvalue weighted by atomic mass is 14.8. The van der Waals surface area contributed by atoms with Crippen molar-refractivity contribution in [2.24, 2.45) is 5.92 Å². The van der Waals surface area contributed by atoms with Gasteiger partial charge in [-0.2, -0.15) is 0 Å². The van der Waals surface area contributed by atoms with Gasteiger partial charge in [-0.15, -0.1) is 0 Å². The zero-order valence-corrected chi connectivity index (χ0v) is 7.48. The zero-order valence-electron chi connectivity index (χ0n) is 7.48. The Balaban J connectivity index is 2.11. The molecule has 0 saturated heterocycles. The Kier molecular flexibility index (Phi) is 2.75. The van der Waals surface area contributed by atoms with Gasteiger partial charge in [-0.25, -0.2) is 0 Å². The minimum Gasteiger partial charge on any atom is -0.387 e. The molecule has 0 aromatic heterocycles. The van der Waals surface area contributed by atoms with E-state index in [1.807, 2.05) is 6.20 Å². The Morgan fingerprint density at radius 1 is 1.55 bits per heavy atom. The van der Waals surface area contributed by atoms with Gasteiger partial charge in [0.15, 0.2) is 0 Å². The zero-order chi connectivity index (χ0) is 8.27. The molecule has 0 aromatic rings. The van der Waals surface area contributed by atoms with Gasteiger partial charge in [-0.05, 0) is 38.8 Å². The molecule has 1 nitrogen and oxygen atoms in total. The van der Waals surface area contributed by atoms with Crippen molar-refractivity contribution in [2.45, 2.75) is 26.7 Å². The fraction of sp³-hybridized carbons (Fsp3) is 0.600. The molecular formula is C10H17N. The molecule has 11 heavy (non-hydrogen) atoms. The molecule has 1 fully saturated rings. The molecule has 1 heteroatoms. The van der Waals surface area contributed by atoms with Gasteiger partial charge in [-0.3, -0.25) is 0 Å². The number of rotatable bonds is 4. The van der Waals surface area contributed by atoms with Gasteiger partial charge >= 0.3 is 0 Å². The van der Waals surface area contributed by atoms with Crippen molar-refractivity contribution in [1.29, 1.82) is 0 Å². The standard InChI is InChI=1S/C10H17N/c1-8(2)6-11-7-9(3)10-4-5-10/h6,10-11H,3-5,7H2,1-2H3. The van der Waals surface area contributed by atoms with E-state index in [0.29, 0.717) is 0 Å². The van der Waals surface area contributed by atoms with Crippen LogP contribution in [0.1, 0.15) is 26.7 Å². The van der Waals surface area contributed by atoms with E-state index in [2.05, 4.69) is 25.7 Å². The lowest BCUT2D eigenvalue weighted by molar-refractivity contribution is 0.849. The number of allylic oxidation sites excluding steroid dienone is 1. The van der Waals surface area contributed by atoms with Gasteiger partial charge in [0.2, 0.25) is 0 Å². The topological polar surface area (TPSA) is 12.0 Å². The molecule has 0 unspecified atom stereocenters. The van der Waals surface area contributed by atoms with Crippen molar-refractivity contribution in [2.75, 3.05) is 6.54 Å². The van der Waals surface area contributed by atoms with Crippen LogP contribution in [0.5, 0.6) is 0 Å². The quantitative estimate of drug-likeness (QED) is 0.609. The van der Waals surface area contributed by atoms with Crippen molar-refractivity contribution in [3.8, 4) is 0 Å². The molecule has 1 rings (SSSR count). The smallest absolute Gasteiger partial charge is 0.0354 e. The summed E-state index contributed by atoms with van der Waals surface area (Å²) in [6.07, 6.45) is 4.76. The monoisotopic (exact) mass is 151 g/mol. The minimum atomic E-state index is 0.827. The first-order valence-electron chi connectivity index (χ1n) is 4.24. The number of hydrogen-bond donors (Lipinski definition) is 1. The van der Waals surface area contributed by atoms with Crippen molar-refractivity contribution in [3.05, 3.63) is 23.9 Å².